The predicted octanol–water partition coefficient (Wildman–Crippen LogP) is 9.77. The molecule has 0 spiro atoms. The SMILES string of the molecule is C[C@H](CCCC(C)(C)O)[C@H]1CC[C@H]2[C@@H]3CC=C4C[C@@H](OC(=O)CCCCC5CCSS5)CC[C@]4(C)[C@H]3CC[C@]12C. The minimum Gasteiger partial charge on any atom is -0.462 e. The predicted molar refractivity (Wildman–Crippen MR) is 171 cm³/mol. The lowest BCUT2D eigenvalue weighted by Crippen LogP contribution is -2.51. The van der Waals surface area contributed by atoms with Crippen LogP contribution in [0.2, 0.25) is 0 Å². The number of allylic oxidation sites excluding steroid dienone is 1. The van der Waals surface area contributed by atoms with Gasteiger partial charge in [-0.2, -0.15) is 0 Å². The third-order valence-corrected chi connectivity index (χ3v) is 15.5. The summed E-state index contributed by atoms with van der Waals surface area (Å²) in [5.74, 6) is 5.42. The number of fused-ring (bicyclic) bond motifs is 5. The molecule has 228 valence electrons. The van der Waals surface area contributed by atoms with Gasteiger partial charge in [0.2, 0.25) is 0 Å². The molecule has 1 saturated heterocycles. The lowest BCUT2D eigenvalue weighted by Gasteiger charge is -2.58. The van der Waals surface area contributed by atoms with E-state index in [2.05, 4.69) is 26.8 Å². The number of hydrogen-bond acceptors (Lipinski definition) is 5. The van der Waals surface area contributed by atoms with Gasteiger partial charge in [-0.05, 0) is 125 Å². The Hall–Kier alpha value is -0.130. The lowest BCUT2D eigenvalue weighted by molar-refractivity contribution is -0.151. The first-order valence-corrected chi connectivity index (χ1v) is 19.3. The van der Waals surface area contributed by atoms with Crippen LogP contribution in [0, 0.1) is 40.4 Å². The van der Waals surface area contributed by atoms with Crippen LogP contribution >= 0.6 is 21.6 Å². The fourth-order valence-corrected chi connectivity index (χ4v) is 13.2. The number of carbonyl (C=O) groups excluding carboxylic acids is 1. The summed E-state index contributed by atoms with van der Waals surface area (Å²) >= 11 is 0. The minimum atomic E-state index is -0.536. The van der Waals surface area contributed by atoms with Gasteiger partial charge in [0.1, 0.15) is 6.10 Å². The van der Waals surface area contributed by atoms with Gasteiger partial charge in [0.25, 0.3) is 0 Å². The molecule has 4 aliphatic carbocycles. The molecule has 5 rings (SSSR count). The smallest absolute Gasteiger partial charge is 0.306 e. The number of unbranched alkanes of at least 4 members (excludes halogenated alkanes) is 1. The summed E-state index contributed by atoms with van der Waals surface area (Å²) in [6.45, 7) is 11.6. The second-order valence-electron chi connectivity index (χ2n) is 15.6. The first kappa shape index (κ1) is 31.3. The minimum absolute atomic E-state index is 0.0402. The zero-order valence-electron chi connectivity index (χ0n) is 26.2. The number of carbonyl (C=O) groups is 1. The highest BCUT2D eigenvalue weighted by Gasteiger charge is 2.59. The topological polar surface area (TPSA) is 46.5 Å². The van der Waals surface area contributed by atoms with Crippen LogP contribution in [0.5, 0.6) is 0 Å². The van der Waals surface area contributed by atoms with Crippen molar-refractivity contribution in [1.29, 1.82) is 0 Å². The van der Waals surface area contributed by atoms with Crippen LogP contribution in [0.25, 0.3) is 0 Å². The molecule has 0 amide bonds. The van der Waals surface area contributed by atoms with Crippen molar-refractivity contribution in [3.8, 4) is 0 Å². The van der Waals surface area contributed by atoms with Crippen molar-refractivity contribution in [2.24, 2.45) is 40.4 Å². The Balaban J connectivity index is 1.13. The Labute approximate surface area is 253 Å². The van der Waals surface area contributed by atoms with Crippen molar-refractivity contribution in [2.45, 2.75) is 154 Å². The van der Waals surface area contributed by atoms with Gasteiger partial charge in [-0.1, -0.05) is 73.3 Å². The second kappa shape index (κ2) is 12.8. The molecule has 5 aliphatic rings. The lowest BCUT2D eigenvalue weighted by atomic mass is 9.47. The molecule has 4 fully saturated rings. The highest BCUT2D eigenvalue weighted by Crippen LogP contribution is 2.67. The van der Waals surface area contributed by atoms with E-state index in [0.29, 0.717) is 17.3 Å². The molecule has 1 aliphatic heterocycles. The van der Waals surface area contributed by atoms with E-state index < -0.39 is 5.60 Å². The van der Waals surface area contributed by atoms with Crippen molar-refractivity contribution in [3.05, 3.63) is 11.6 Å². The molecule has 3 saturated carbocycles. The van der Waals surface area contributed by atoms with E-state index in [1.807, 2.05) is 35.4 Å². The molecule has 3 nitrogen and oxygen atoms in total. The van der Waals surface area contributed by atoms with Crippen molar-refractivity contribution in [3.63, 3.8) is 0 Å². The average molecular weight is 591 g/mol. The molecular formula is C35H58O3S2. The molecule has 0 bridgehead atoms. The van der Waals surface area contributed by atoms with Gasteiger partial charge < -0.3 is 9.84 Å². The summed E-state index contributed by atoms with van der Waals surface area (Å²) in [6, 6.07) is 0. The molecule has 0 aromatic rings. The van der Waals surface area contributed by atoms with Crippen LogP contribution in [0.15, 0.2) is 11.6 Å². The van der Waals surface area contributed by atoms with E-state index in [9.17, 15) is 9.90 Å². The van der Waals surface area contributed by atoms with Crippen LogP contribution in [0.4, 0.5) is 0 Å². The van der Waals surface area contributed by atoms with E-state index in [1.54, 1.807) is 5.57 Å². The number of rotatable bonds is 11. The van der Waals surface area contributed by atoms with E-state index in [1.165, 1.54) is 63.5 Å². The summed E-state index contributed by atoms with van der Waals surface area (Å²) in [5.41, 5.74) is 1.87. The summed E-state index contributed by atoms with van der Waals surface area (Å²) in [4.78, 5) is 12.7. The Kier molecular flexibility index (Phi) is 10.1. The normalized spacial score (nSPS) is 40.1. The summed E-state index contributed by atoms with van der Waals surface area (Å²) in [7, 11) is 4.05. The molecule has 0 radical (unpaired) electrons. The van der Waals surface area contributed by atoms with Crippen molar-refractivity contribution in [2.75, 3.05) is 5.75 Å². The largest absolute Gasteiger partial charge is 0.462 e. The zero-order valence-corrected chi connectivity index (χ0v) is 27.9. The Morgan fingerprint density at radius 2 is 1.93 bits per heavy atom. The number of aliphatic hydroxyl groups is 1. The Morgan fingerprint density at radius 3 is 2.67 bits per heavy atom. The average Bonchev–Trinajstić information content (AvgIpc) is 3.53. The second-order valence-corrected chi connectivity index (χ2v) is 18.4. The van der Waals surface area contributed by atoms with Gasteiger partial charge in [0, 0.05) is 23.8 Å². The monoisotopic (exact) mass is 590 g/mol. The third-order valence-electron chi connectivity index (χ3n) is 12.4. The molecule has 1 heterocycles. The van der Waals surface area contributed by atoms with Crippen LogP contribution in [-0.4, -0.2) is 33.8 Å². The van der Waals surface area contributed by atoms with Gasteiger partial charge in [-0.15, -0.1) is 0 Å². The first-order valence-electron chi connectivity index (χ1n) is 16.9. The van der Waals surface area contributed by atoms with Gasteiger partial charge in [0.05, 0.1) is 5.60 Å². The number of hydrogen-bond donors (Lipinski definition) is 1. The Morgan fingerprint density at radius 1 is 1.10 bits per heavy atom. The molecule has 0 aromatic carbocycles. The maximum atomic E-state index is 12.7. The fraction of sp³-hybridized carbons (Fsp3) is 0.914. The number of esters is 1. The van der Waals surface area contributed by atoms with Crippen LogP contribution in [0.1, 0.15) is 137 Å². The van der Waals surface area contributed by atoms with Crippen molar-refractivity contribution < 1.29 is 14.6 Å². The van der Waals surface area contributed by atoms with E-state index in [4.69, 9.17) is 4.74 Å². The van der Waals surface area contributed by atoms with Crippen LogP contribution in [-0.2, 0) is 9.53 Å². The van der Waals surface area contributed by atoms with Gasteiger partial charge >= 0.3 is 5.97 Å². The van der Waals surface area contributed by atoms with Crippen LogP contribution in [0.3, 0.4) is 0 Å². The molecule has 1 N–H and O–H groups in total. The zero-order chi connectivity index (χ0) is 28.5. The van der Waals surface area contributed by atoms with Gasteiger partial charge in [0.15, 0.2) is 0 Å². The summed E-state index contributed by atoms with van der Waals surface area (Å²) < 4.78 is 6.07. The summed E-state index contributed by atoms with van der Waals surface area (Å²) in [5, 5.41) is 11.0. The number of ether oxygens (including phenoxy) is 1. The fourth-order valence-electron chi connectivity index (χ4n) is 10.2. The maximum absolute atomic E-state index is 12.7. The standard InChI is InChI=1S/C35H58O3S2/c1-24(9-8-19-33(2,3)37)29-14-15-30-28-13-12-25-23-26(16-20-34(25,4)31(28)17-21-35(29,30)5)38-32(36)11-7-6-10-27-18-22-39-40-27/h12,24,26-31,37H,6-11,13-23H2,1-5H3/t24-,26+,27?,28+,29-,30+,31+,34+,35-/m1/s1. The molecule has 40 heavy (non-hydrogen) atoms. The highest BCUT2D eigenvalue weighted by molar-refractivity contribution is 8.77. The quantitative estimate of drug-likeness (QED) is 0.112. The van der Waals surface area contributed by atoms with Crippen molar-refractivity contribution >= 4 is 27.6 Å². The molecule has 5 heteroatoms. The van der Waals surface area contributed by atoms with Crippen LogP contribution < -0.4 is 0 Å². The third kappa shape index (κ3) is 6.82. The Bertz CT molecular complexity index is 905. The maximum Gasteiger partial charge on any atom is 0.306 e. The highest BCUT2D eigenvalue weighted by atomic mass is 33.1. The summed E-state index contributed by atoms with van der Waals surface area (Å²) in [6.07, 6.45) is 21.4. The molecular weight excluding hydrogens is 533 g/mol. The molecule has 9 atom stereocenters. The van der Waals surface area contributed by atoms with Gasteiger partial charge in [-0.25, -0.2) is 0 Å². The van der Waals surface area contributed by atoms with Crippen molar-refractivity contribution in [1.82, 2.24) is 0 Å². The van der Waals surface area contributed by atoms with Gasteiger partial charge in [-0.3, -0.25) is 4.79 Å². The van der Waals surface area contributed by atoms with E-state index >= 15 is 0 Å². The first-order chi connectivity index (χ1) is 19.0. The van der Waals surface area contributed by atoms with E-state index in [-0.39, 0.29) is 12.1 Å². The molecule has 0 aromatic heterocycles. The molecule has 1 unspecified atom stereocenters. The van der Waals surface area contributed by atoms with E-state index in [0.717, 1.165) is 73.4 Å².